The normalized spacial score (nSPS) is 16.1. The van der Waals surface area contributed by atoms with Crippen molar-refractivity contribution in [1.29, 1.82) is 0 Å². The Balaban J connectivity index is 1.66. The highest BCUT2D eigenvalue weighted by Gasteiger charge is 2.29. The molecule has 1 N–H and O–H groups in total. The molecule has 0 radical (unpaired) electrons. The lowest BCUT2D eigenvalue weighted by Gasteiger charge is -2.21. The van der Waals surface area contributed by atoms with Gasteiger partial charge in [-0.3, -0.25) is 4.90 Å². The van der Waals surface area contributed by atoms with Crippen LogP contribution in [-0.4, -0.2) is 38.4 Å². The van der Waals surface area contributed by atoms with Crippen LogP contribution in [0.2, 0.25) is 0 Å². The summed E-state index contributed by atoms with van der Waals surface area (Å²) in [6.45, 7) is 0.548. The number of hydrogen-bond acceptors (Lipinski definition) is 4. The zero-order chi connectivity index (χ0) is 16.6. The van der Waals surface area contributed by atoms with Gasteiger partial charge in [-0.15, -0.1) is 10.2 Å². The molecule has 1 fully saturated rings. The van der Waals surface area contributed by atoms with Crippen LogP contribution >= 0.6 is 0 Å². The van der Waals surface area contributed by atoms with E-state index in [0.717, 1.165) is 36.6 Å². The molecule has 1 atom stereocenters. The van der Waals surface area contributed by atoms with E-state index in [0.29, 0.717) is 12.5 Å². The average Bonchev–Trinajstić information content (AvgIpc) is 3.25. The molecule has 2 aromatic rings. The maximum Gasteiger partial charge on any atom is 0.146 e. The number of likely N-dealkylation sites (N-methyl/N-ethyl adjacent to an activating group) is 1. The predicted molar refractivity (Wildman–Crippen MR) is 80.6 cm³/mol. The minimum Gasteiger partial charge on any atom is -0.387 e. The van der Waals surface area contributed by atoms with Gasteiger partial charge in [0.25, 0.3) is 0 Å². The van der Waals surface area contributed by atoms with Crippen molar-refractivity contribution in [2.24, 2.45) is 7.05 Å². The van der Waals surface area contributed by atoms with E-state index in [4.69, 9.17) is 0 Å². The Bertz CT molecular complexity index is 679. The van der Waals surface area contributed by atoms with Crippen molar-refractivity contribution >= 4 is 0 Å². The molecule has 0 saturated heterocycles. The molecule has 1 saturated carbocycles. The molecule has 1 aromatic carbocycles. The van der Waals surface area contributed by atoms with Gasteiger partial charge in [-0.1, -0.05) is 6.07 Å². The Morgan fingerprint density at radius 3 is 2.57 bits per heavy atom. The molecular weight excluding hydrogens is 302 g/mol. The Hall–Kier alpha value is -1.86. The summed E-state index contributed by atoms with van der Waals surface area (Å²) >= 11 is 0. The lowest BCUT2D eigenvalue weighted by Crippen LogP contribution is -2.26. The van der Waals surface area contributed by atoms with Crippen LogP contribution in [0.1, 0.15) is 42.1 Å². The van der Waals surface area contributed by atoms with Gasteiger partial charge in [0.1, 0.15) is 23.3 Å². The van der Waals surface area contributed by atoms with Crippen molar-refractivity contribution in [1.82, 2.24) is 19.7 Å². The third-order valence-corrected chi connectivity index (χ3v) is 4.17. The molecule has 124 valence electrons. The summed E-state index contributed by atoms with van der Waals surface area (Å²) in [6.07, 6.45) is 1.05. The lowest BCUT2D eigenvalue weighted by molar-refractivity contribution is 0.115. The number of rotatable bonds is 6. The van der Waals surface area contributed by atoms with E-state index in [1.165, 1.54) is 6.07 Å². The summed E-state index contributed by atoms with van der Waals surface area (Å²) < 4.78 is 29.4. The van der Waals surface area contributed by atoms with Crippen LogP contribution in [0, 0.1) is 11.6 Å². The fourth-order valence-corrected chi connectivity index (χ4v) is 2.73. The van der Waals surface area contributed by atoms with E-state index in [1.807, 2.05) is 11.6 Å². The van der Waals surface area contributed by atoms with Gasteiger partial charge in [0.2, 0.25) is 0 Å². The van der Waals surface area contributed by atoms with Gasteiger partial charge in [0.05, 0.1) is 18.2 Å². The van der Waals surface area contributed by atoms with Crippen molar-refractivity contribution in [3.63, 3.8) is 0 Å². The standard InChI is InChI=1S/C16H20F2N4O/c1-21(8-13(23)15-11(17)4-3-5-12(15)18)9-14-19-20-16(22(14)2)10-6-7-10/h3-5,10,13,23H,6-9H2,1-2H3. The van der Waals surface area contributed by atoms with Crippen molar-refractivity contribution < 1.29 is 13.9 Å². The second kappa shape index (κ2) is 6.33. The Morgan fingerprint density at radius 1 is 1.30 bits per heavy atom. The average molecular weight is 322 g/mol. The van der Waals surface area contributed by atoms with Crippen LogP contribution in [0.15, 0.2) is 18.2 Å². The molecule has 0 bridgehead atoms. The third-order valence-electron chi connectivity index (χ3n) is 4.17. The molecule has 1 unspecified atom stereocenters. The highest BCUT2D eigenvalue weighted by Crippen LogP contribution is 2.38. The van der Waals surface area contributed by atoms with Gasteiger partial charge in [0.15, 0.2) is 0 Å². The van der Waals surface area contributed by atoms with E-state index in [-0.39, 0.29) is 12.1 Å². The van der Waals surface area contributed by atoms with Crippen LogP contribution in [0.3, 0.4) is 0 Å². The molecular formula is C16H20F2N4O. The first kappa shape index (κ1) is 16.0. The quantitative estimate of drug-likeness (QED) is 0.885. The first-order valence-electron chi connectivity index (χ1n) is 7.66. The topological polar surface area (TPSA) is 54.2 Å². The van der Waals surface area contributed by atoms with Crippen LogP contribution in [0.4, 0.5) is 8.78 Å². The fourth-order valence-electron chi connectivity index (χ4n) is 2.73. The predicted octanol–water partition coefficient (Wildman–Crippen LogP) is 2.14. The molecule has 7 heteroatoms. The van der Waals surface area contributed by atoms with Gasteiger partial charge >= 0.3 is 0 Å². The second-order valence-electron chi connectivity index (χ2n) is 6.16. The van der Waals surface area contributed by atoms with E-state index in [2.05, 4.69) is 10.2 Å². The van der Waals surface area contributed by atoms with E-state index in [1.54, 1.807) is 11.9 Å². The number of hydrogen-bond donors (Lipinski definition) is 1. The first-order chi connectivity index (χ1) is 11.0. The van der Waals surface area contributed by atoms with Crippen molar-refractivity contribution in [3.8, 4) is 0 Å². The van der Waals surface area contributed by atoms with Crippen molar-refractivity contribution in [2.75, 3.05) is 13.6 Å². The lowest BCUT2D eigenvalue weighted by atomic mass is 10.1. The summed E-state index contributed by atoms with van der Waals surface area (Å²) in [5.41, 5.74) is -0.295. The largest absolute Gasteiger partial charge is 0.387 e. The molecule has 1 aromatic heterocycles. The monoisotopic (exact) mass is 322 g/mol. The van der Waals surface area contributed by atoms with Crippen LogP contribution in [0.5, 0.6) is 0 Å². The SMILES string of the molecule is CN(Cc1nnc(C2CC2)n1C)CC(O)c1c(F)cccc1F. The zero-order valence-corrected chi connectivity index (χ0v) is 13.2. The summed E-state index contributed by atoms with van der Waals surface area (Å²) in [6, 6.07) is 3.57. The van der Waals surface area contributed by atoms with Gasteiger partial charge in [-0.25, -0.2) is 8.78 Å². The number of benzene rings is 1. The fraction of sp³-hybridized carbons (Fsp3) is 0.500. The maximum atomic E-state index is 13.7. The summed E-state index contributed by atoms with van der Waals surface area (Å²) in [5.74, 6) is 0.788. The highest BCUT2D eigenvalue weighted by molar-refractivity contribution is 5.22. The number of nitrogens with zero attached hydrogens (tertiary/aromatic N) is 4. The third kappa shape index (κ3) is 3.40. The van der Waals surface area contributed by atoms with Gasteiger partial charge in [-0.2, -0.15) is 0 Å². The Labute approximate surface area is 133 Å². The number of aromatic nitrogens is 3. The Kier molecular flexibility index (Phi) is 4.41. The van der Waals surface area contributed by atoms with E-state index in [9.17, 15) is 13.9 Å². The molecule has 1 heterocycles. The smallest absolute Gasteiger partial charge is 0.146 e. The molecule has 1 aliphatic rings. The molecule has 23 heavy (non-hydrogen) atoms. The minimum atomic E-state index is -1.24. The summed E-state index contributed by atoms with van der Waals surface area (Å²) in [4.78, 5) is 1.78. The highest BCUT2D eigenvalue weighted by atomic mass is 19.1. The number of aliphatic hydroxyl groups excluding tert-OH is 1. The van der Waals surface area contributed by atoms with E-state index >= 15 is 0 Å². The van der Waals surface area contributed by atoms with E-state index < -0.39 is 17.7 Å². The molecule has 0 spiro atoms. The zero-order valence-electron chi connectivity index (χ0n) is 13.2. The van der Waals surface area contributed by atoms with Crippen LogP contribution < -0.4 is 0 Å². The van der Waals surface area contributed by atoms with Gasteiger partial charge in [-0.05, 0) is 32.0 Å². The molecule has 1 aliphatic carbocycles. The molecule has 3 rings (SSSR count). The summed E-state index contributed by atoms with van der Waals surface area (Å²) in [5, 5.41) is 18.5. The molecule has 0 amide bonds. The van der Waals surface area contributed by atoms with Crippen LogP contribution in [0.25, 0.3) is 0 Å². The van der Waals surface area contributed by atoms with Crippen molar-refractivity contribution in [2.45, 2.75) is 31.4 Å². The van der Waals surface area contributed by atoms with Gasteiger partial charge < -0.3 is 9.67 Å². The van der Waals surface area contributed by atoms with Crippen molar-refractivity contribution in [3.05, 3.63) is 47.0 Å². The number of halogens is 2. The molecule has 0 aliphatic heterocycles. The van der Waals surface area contributed by atoms with Gasteiger partial charge in [0, 0.05) is 19.5 Å². The first-order valence-corrected chi connectivity index (χ1v) is 7.66. The van der Waals surface area contributed by atoms with Crippen LogP contribution in [-0.2, 0) is 13.6 Å². The minimum absolute atomic E-state index is 0.101. The maximum absolute atomic E-state index is 13.7. The second-order valence-corrected chi connectivity index (χ2v) is 6.16. The molecule has 5 nitrogen and oxygen atoms in total. The number of aliphatic hydroxyl groups is 1. The Morgan fingerprint density at radius 2 is 1.96 bits per heavy atom. The summed E-state index contributed by atoms with van der Waals surface area (Å²) in [7, 11) is 3.69.